The molecule has 2 N–H and O–H groups in total. The van der Waals surface area contributed by atoms with E-state index in [-0.39, 0.29) is 17.7 Å². The highest BCUT2D eigenvalue weighted by Crippen LogP contribution is 2.21. The molecule has 1 fully saturated rings. The van der Waals surface area contributed by atoms with Crippen molar-refractivity contribution >= 4 is 17.8 Å². The molecule has 1 unspecified atom stereocenters. The molecule has 0 bridgehead atoms. The Kier molecular flexibility index (Phi) is 5.88. The van der Waals surface area contributed by atoms with Gasteiger partial charge in [-0.2, -0.15) is 0 Å². The lowest BCUT2D eigenvalue weighted by Gasteiger charge is -2.33. The summed E-state index contributed by atoms with van der Waals surface area (Å²) in [5, 5.41) is 0. The van der Waals surface area contributed by atoms with E-state index in [9.17, 15) is 14.4 Å². The molecule has 1 aliphatic rings. The van der Waals surface area contributed by atoms with Gasteiger partial charge in [-0.05, 0) is 43.2 Å². The molecule has 28 heavy (non-hydrogen) atoms. The largest absolute Gasteiger partial charge is 0.488 e. The van der Waals surface area contributed by atoms with Crippen molar-refractivity contribution in [3.05, 3.63) is 53.9 Å². The molecule has 1 aliphatic heterocycles. The van der Waals surface area contributed by atoms with E-state index >= 15 is 0 Å². The van der Waals surface area contributed by atoms with Gasteiger partial charge in [0.05, 0.1) is 6.54 Å². The summed E-state index contributed by atoms with van der Waals surface area (Å²) in [5.41, 5.74) is 5.89. The molecule has 146 valence electrons. The standard InChI is InChI=1S/C20H21N3O5/c1-13(24)27-15-6-4-14(5-7-15)20(26)23-10-2-3-17(12-23)28-16-8-9-22-18(11-16)19(21)25/h4-9,11,17H,2-3,10,12H2,1H3,(H2,21,25). The average Bonchev–Trinajstić information content (AvgIpc) is 2.68. The van der Waals surface area contributed by atoms with Crippen LogP contribution in [-0.2, 0) is 4.79 Å². The van der Waals surface area contributed by atoms with Crippen LogP contribution >= 0.6 is 0 Å². The number of carbonyl (C=O) groups is 3. The summed E-state index contributed by atoms with van der Waals surface area (Å²) in [6, 6.07) is 9.60. The SMILES string of the molecule is CC(=O)Oc1ccc(C(=O)N2CCCC(Oc3ccnc(C(N)=O)c3)C2)cc1. The van der Waals surface area contributed by atoms with Gasteiger partial charge in [0.15, 0.2) is 0 Å². The lowest BCUT2D eigenvalue weighted by Crippen LogP contribution is -2.44. The molecule has 8 nitrogen and oxygen atoms in total. The monoisotopic (exact) mass is 383 g/mol. The van der Waals surface area contributed by atoms with E-state index in [1.165, 1.54) is 19.2 Å². The molecular weight excluding hydrogens is 362 g/mol. The highest BCUT2D eigenvalue weighted by Gasteiger charge is 2.26. The zero-order valence-corrected chi connectivity index (χ0v) is 15.5. The van der Waals surface area contributed by atoms with Gasteiger partial charge in [-0.15, -0.1) is 0 Å². The van der Waals surface area contributed by atoms with Crippen molar-refractivity contribution in [3.8, 4) is 11.5 Å². The van der Waals surface area contributed by atoms with Crippen LogP contribution in [0.3, 0.4) is 0 Å². The van der Waals surface area contributed by atoms with Gasteiger partial charge in [-0.1, -0.05) is 0 Å². The van der Waals surface area contributed by atoms with Crippen LogP contribution in [0.5, 0.6) is 11.5 Å². The highest BCUT2D eigenvalue weighted by molar-refractivity contribution is 5.94. The number of primary amides is 1. The molecule has 0 saturated carbocycles. The van der Waals surface area contributed by atoms with E-state index in [4.69, 9.17) is 15.2 Å². The quantitative estimate of drug-likeness (QED) is 0.622. The van der Waals surface area contributed by atoms with Crippen LogP contribution < -0.4 is 15.2 Å². The summed E-state index contributed by atoms with van der Waals surface area (Å²) in [7, 11) is 0. The molecule has 1 atom stereocenters. The van der Waals surface area contributed by atoms with Crippen LogP contribution in [0.1, 0.15) is 40.6 Å². The predicted molar refractivity (Wildman–Crippen MR) is 100 cm³/mol. The number of benzene rings is 1. The zero-order chi connectivity index (χ0) is 20.1. The first kappa shape index (κ1) is 19.3. The molecule has 8 heteroatoms. The van der Waals surface area contributed by atoms with Crippen LogP contribution in [0.4, 0.5) is 0 Å². The van der Waals surface area contributed by atoms with Crippen molar-refractivity contribution in [3.63, 3.8) is 0 Å². The van der Waals surface area contributed by atoms with Crippen molar-refractivity contribution in [2.75, 3.05) is 13.1 Å². The number of likely N-dealkylation sites (tertiary alicyclic amines) is 1. The summed E-state index contributed by atoms with van der Waals surface area (Å²) in [6.45, 7) is 2.38. The molecule has 0 aliphatic carbocycles. The van der Waals surface area contributed by atoms with Crippen LogP contribution in [0, 0.1) is 0 Å². The van der Waals surface area contributed by atoms with Gasteiger partial charge in [0, 0.05) is 31.3 Å². The van der Waals surface area contributed by atoms with E-state index in [2.05, 4.69) is 4.98 Å². The number of nitrogens with zero attached hydrogens (tertiary/aromatic N) is 2. The van der Waals surface area contributed by atoms with Crippen molar-refractivity contribution < 1.29 is 23.9 Å². The summed E-state index contributed by atoms with van der Waals surface area (Å²) < 4.78 is 10.9. The van der Waals surface area contributed by atoms with Crippen LogP contribution in [0.2, 0.25) is 0 Å². The first-order valence-corrected chi connectivity index (χ1v) is 8.92. The topological polar surface area (TPSA) is 112 Å². The number of nitrogens with two attached hydrogens (primary N) is 1. The Morgan fingerprint density at radius 3 is 2.57 bits per heavy atom. The molecule has 2 aromatic rings. The Hall–Kier alpha value is -3.42. The number of carbonyl (C=O) groups excluding carboxylic acids is 3. The first-order chi connectivity index (χ1) is 13.4. The highest BCUT2D eigenvalue weighted by atomic mass is 16.5. The van der Waals surface area contributed by atoms with Gasteiger partial charge in [-0.25, -0.2) is 0 Å². The van der Waals surface area contributed by atoms with Crippen molar-refractivity contribution in [1.82, 2.24) is 9.88 Å². The second-order valence-electron chi connectivity index (χ2n) is 6.49. The number of rotatable bonds is 5. The Balaban J connectivity index is 1.64. The predicted octanol–water partition coefficient (Wildman–Crippen LogP) is 1.79. The minimum absolute atomic E-state index is 0.116. The van der Waals surface area contributed by atoms with E-state index in [1.807, 2.05) is 0 Å². The normalized spacial score (nSPS) is 16.3. The maximum Gasteiger partial charge on any atom is 0.308 e. The maximum absolute atomic E-state index is 12.8. The fourth-order valence-corrected chi connectivity index (χ4v) is 3.04. The van der Waals surface area contributed by atoms with Crippen LogP contribution in [-0.4, -0.2) is 46.9 Å². The Bertz CT molecular complexity index is 882. The van der Waals surface area contributed by atoms with Crippen LogP contribution in [0.25, 0.3) is 0 Å². The minimum Gasteiger partial charge on any atom is -0.488 e. The Morgan fingerprint density at radius 2 is 1.89 bits per heavy atom. The van der Waals surface area contributed by atoms with E-state index < -0.39 is 11.9 Å². The number of piperidine rings is 1. The number of aromatic nitrogens is 1. The van der Waals surface area contributed by atoms with Gasteiger partial charge >= 0.3 is 5.97 Å². The van der Waals surface area contributed by atoms with Crippen molar-refractivity contribution in [2.24, 2.45) is 5.73 Å². The number of amides is 2. The Morgan fingerprint density at radius 1 is 1.14 bits per heavy atom. The molecule has 1 aromatic heterocycles. The molecule has 0 spiro atoms. The van der Waals surface area contributed by atoms with Crippen molar-refractivity contribution in [1.29, 1.82) is 0 Å². The fraction of sp³-hybridized carbons (Fsp3) is 0.300. The third kappa shape index (κ3) is 4.85. The van der Waals surface area contributed by atoms with Gasteiger partial charge in [0.25, 0.3) is 11.8 Å². The summed E-state index contributed by atoms with van der Waals surface area (Å²) >= 11 is 0. The average molecular weight is 383 g/mol. The number of hydrogen-bond donors (Lipinski definition) is 1. The van der Waals surface area contributed by atoms with E-state index in [0.717, 1.165) is 12.8 Å². The minimum atomic E-state index is -0.622. The van der Waals surface area contributed by atoms with Gasteiger partial charge in [0.1, 0.15) is 23.3 Å². The van der Waals surface area contributed by atoms with Gasteiger partial charge < -0.3 is 20.1 Å². The second-order valence-corrected chi connectivity index (χ2v) is 6.49. The molecule has 1 saturated heterocycles. The lowest BCUT2D eigenvalue weighted by molar-refractivity contribution is -0.131. The third-order valence-electron chi connectivity index (χ3n) is 4.31. The molecule has 3 rings (SSSR count). The van der Waals surface area contributed by atoms with Crippen molar-refractivity contribution in [2.45, 2.75) is 25.9 Å². The molecule has 2 amide bonds. The Labute approximate surface area is 162 Å². The van der Waals surface area contributed by atoms with E-state index in [1.54, 1.807) is 35.2 Å². The molecule has 2 heterocycles. The maximum atomic E-state index is 12.8. The number of hydrogen-bond acceptors (Lipinski definition) is 6. The molecular formula is C20H21N3O5. The summed E-state index contributed by atoms with van der Waals surface area (Å²) in [5.74, 6) is -0.260. The third-order valence-corrected chi connectivity index (χ3v) is 4.31. The first-order valence-electron chi connectivity index (χ1n) is 8.92. The van der Waals surface area contributed by atoms with Gasteiger partial charge in [-0.3, -0.25) is 19.4 Å². The molecule has 0 radical (unpaired) electrons. The zero-order valence-electron chi connectivity index (χ0n) is 15.5. The number of esters is 1. The fourth-order valence-electron chi connectivity index (χ4n) is 3.04. The van der Waals surface area contributed by atoms with Crippen LogP contribution in [0.15, 0.2) is 42.6 Å². The molecule has 1 aromatic carbocycles. The van der Waals surface area contributed by atoms with Gasteiger partial charge in [0.2, 0.25) is 0 Å². The smallest absolute Gasteiger partial charge is 0.308 e. The summed E-state index contributed by atoms with van der Waals surface area (Å²) in [4.78, 5) is 40.6. The number of pyridine rings is 1. The van der Waals surface area contributed by atoms with E-state index in [0.29, 0.717) is 30.2 Å². The summed E-state index contributed by atoms with van der Waals surface area (Å²) in [6.07, 6.45) is 2.87. The second kappa shape index (κ2) is 8.51. The number of ether oxygens (including phenoxy) is 2. The lowest BCUT2D eigenvalue weighted by atomic mass is 10.1.